The molecule has 1 saturated carbocycles. The lowest BCUT2D eigenvalue weighted by molar-refractivity contribution is 0.122. The summed E-state index contributed by atoms with van der Waals surface area (Å²) in [6.45, 7) is 6.74. The maximum atomic E-state index is 12.0. The third-order valence-electron chi connectivity index (χ3n) is 6.74. The third kappa shape index (κ3) is 4.56. The van der Waals surface area contributed by atoms with Crippen molar-refractivity contribution in [3.05, 3.63) is 47.0 Å². The Labute approximate surface area is 210 Å². The van der Waals surface area contributed by atoms with E-state index in [4.69, 9.17) is 21.1 Å². The zero-order valence-electron chi connectivity index (χ0n) is 20.0. The van der Waals surface area contributed by atoms with Crippen molar-refractivity contribution in [2.45, 2.75) is 45.3 Å². The second kappa shape index (κ2) is 9.80. The molecule has 3 aromatic rings. The second-order valence-electron chi connectivity index (χ2n) is 9.36. The van der Waals surface area contributed by atoms with Crippen molar-refractivity contribution in [2.24, 2.45) is 0 Å². The van der Waals surface area contributed by atoms with Crippen LogP contribution in [0.3, 0.4) is 0 Å². The smallest absolute Gasteiger partial charge is 0.411 e. The van der Waals surface area contributed by atoms with Crippen LogP contribution in [0, 0.1) is 11.3 Å². The van der Waals surface area contributed by atoms with Gasteiger partial charge in [0.25, 0.3) is 0 Å². The molecule has 182 valence electrons. The first-order valence-corrected chi connectivity index (χ1v) is 12.5. The molecule has 1 saturated heterocycles. The number of fused-ring (bicyclic) bond motifs is 1. The lowest BCUT2D eigenvalue weighted by atomic mass is 9.92. The Balaban J connectivity index is 1.59. The van der Waals surface area contributed by atoms with Crippen molar-refractivity contribution in [1.29, 1.82) is 5.26 Å². The summed E-state index contributed by atoms with van der Waals surface area (Å²) in [5.74, 6) is 0. The van der Waals surface area contributed by atoms with E-state index in [1.807, 2.05) is 12.1 Å². The van der Waals surface area contributed by atoms with E-state index in [0.717, 1.165) is 67.0 Å². The predicted octanol–water partition coefficient (Wildman–Crippen LogP) is 6.35. The first-order valence-electron chi connectivity index (χ1n) is 12.1. The van der Waals surface area contributed by atoms with Gasteiger partial charge in [-0.3, -0.25) is 5.32 Å². The van der Waals surface area contributed by atoms with Crippen LogP contribution in [0.2, 0.25) is 5.02 Å². The number of carbonyl (C=O) groups excluding carboxylic acids is 1. The van der Waals surface area contributed by atoms with Gasteiger partial charge < -0.3 is 18.9 Å². The Hall–Kier alpha value is -3.21. The number of nitrogens with one attached hydrogen (secondary N) is 1. The summed E-state index contributed by atoms with van der Waals surface area (Å²) >= 11 is 6.58. The standard InChI is InChI=1S/C27H29ClN4O3/c1-17(2)35-27(33)30-24-9-6-18(14-23(24)28)26-22(16-29)21-8-7-20(31-10-12-34-13-11-31)15-25(21)32(26)19-4-3-5-19/h6-9,14-15,17,19H,3-5,10-13H2,1-2H3,(H,30,33). The van der Waals surface area contributed by atoms with Crippen LogP contribution in [-0.2, 0) is 9.47 Å². The molecule has 2 heterocycles. The minimum Gasteiger partial charge on any atom is -0.447 e. The van der Waals surface area contributed by atoms with Gasteiger partial charge in [-0.05, 0) is 63.4 Å². The number of ether oxygens (including phenoxy) is 2. The first-order chi connectivity index (χ1) is 17.0. The number of benzene rings is 2. The van der Waals surface area contributed by atoms with E-state index < -0.39 is 6.09 Å². The number of halogens is 1. The van der Waals surface area contributed by atoms with Crippen LogP contribution in [0.4, 0.5) is 16.2 Å². The summed E-state index contributed by atoms with van der Waals surface area (Å²) in [6, 6.07) is 14.7. The normalized spacial score (nSPS) is 16.3. The molecular weight excluding hydrogens is 464 g/mol. The lowest BCUT2D eigenvalue weighted by Crippen LogP contribution is -2.36. The van der Waals surface area contributed by atoms with Crippen LogP contribution >= 0.6 is 11.6 Å². The van der Waals surface area contributed by atoms with Gasteiger partial charge >= 0.3 is 6.09 Å². The number of amides is 1. The molecule has 2 aromatic carbocycles. The monoisotopic (exact) mass is 492 g/mol. The number of anilines is 2. The van der Waals surface area contributed by atoms with Crippen LogP contribution in [0.25, 0.3) is 22.2 Å². The van der Waals surface area contributed by atoms with Crippen molar-refractivity contribution in [3.8, 4) is 17.3 Å². The maximum absolute atomic E-state index is 12.0. The molecular formula is C27H29ClN4O3. The number of hydrogen-bond acceptors (Lipinski definition) is 5. The van der Waals surface area contributed by atoms with Crippen molar-refractivity contribution in [2.75, 3.05) is 36.5 Å². The van der Waals surface area contributed by atoms with Crippen LogP contribution in [0.1, 0.15) is 44.7 Å². The summed E-state index contributed by atoms with van der Waals surface area (Å²) < 4.78 is 13.0. The number of nitriles is 1. The SMILES string of the molecule is CC(C)OC(=O)Nc1ccc(-c2c(C#N)c3ccc(N4CCOCC4)cc3n2C2CCC2)cc1Cl. The number of rotatable bonds is 5. The molecule has 0 unspecified atom stereocenters. The van der Waals surface area contributed by atoms with E-state index in [1.54, 1.807) is 19.9 Å². The highest BCUT2D eigenvalue weighted by Crippen LogP contribution is 2.44. The molecule has 5 rings (SSSR count). The van der Waals surface area contributed by atoms with Crippen molar-refractivity contribution < 1.29 is 14.3 Å². The summed E-state index contributed by atoms with van der Waals surface area (Å²) in [6.07, 6.45) is 2.56. The summed E-state index contributed by atoms with van der Waals surface area (Å²) in [7, 11) is 0. The molecule has 1 aliphatic heterocycles. The molecule has 1 N–H and O–H groups in total. The Morgan fingerprint density at radius 2 is 1.97 bits per heavy atom. The zero-order chi connectivity index (χ0) is 24.5. The van der Waals surface area contributed by atoms with Crippen LogP contribution < -0.4 is 10.2 Å². The van der Waals surface area contributed by atoms with E-state index in [1.165, 1.54) is 6.42 Å². The van der Waals surface area contributed by atoms with Crippen LogP contribution in [0.5, 0.6) is 0 Å². The van der Waals surface area contributed by atoms with Gasteiger partial charge in [-0.25, -0.2) is 4.79 Å². The average molecular weight is 493 g/mol. The highest BCUT2D eigenvalue weighted by molar-refractivity contribution is 6.34. The fourth-order valence-corrected chi connectivity index (χ4v) is 5.08. The fraction of sp³-hybridized carbons (Fsp3) is 0.407. The molecule has 0 radical (unpaired) electrons. The average Bonchev–Trinajstić information content (AvgIpc) is 3.12. The molecule has 1 aliphatic carbocycles. The molecule has 8 heteroatoms. The highest BCUT2D eigenvalue weighted by atomic mass is 35.5. The Morgan fingerprint density at radius 3 is 2.60 bits per heavy atom. The van der Waals surface area contributed by atoms with Gasteiger partial charge in [0.2, 0.25) is 0 Å². The molecule has 35 heavy (non-hydrogen) atoms. The number of aromatic nitrogens is 1. The maximum Gasteiger partial charge on any atom is 0.411 e. The van der Waals surface area contributed by atoms with Gasteiger partial charge in [0.15, 0.2) is 0 Å². The Morgan fingerprint density at radius 1 is 1.20 bits per heavy atom. The predicted molar refractivity (Wildman–Crippen MR) is 138 cm³/mol. The molecule has 2 aliphatic rings. The van der Waals surface area contributed by atoms with Crippen LogP contribution in [-0.4, -0.2) is 43.1 Å². The number of morpholine rings is 1. The Bertz CT molecular complexity index is 1300. The van der Waals surface area contributed by atoms with Crippen molar-refractivity contribution in [3.63, 3.8) is 0 Å². The van der Waals surface area contributed by atoms with Gasteiger partial charge in [0.05, 0.1) is 46.8 Å². The molecule has 1 aromatic heterocycles. The molecule has 0 spiro atoms. The summed E-state index contributed by atoms with van der Waals surface area (Å²) in [4.78, 5) is 14.4. The minimum atomic E-state index is -0.549. The quantitative estimate of drug-likeness (QED) is 0.448. The van der Waals surface area contributed by atoms with Crippen molar-refractivity contribution in [1.82, 2.24) is 4.57 Å². The van der Waals surface area contributed by atoms with E-state index >= 15 is 0 Å². The summed E-state index contributed by atoms with van der Waals surface area (Å²) in [5.41, 5.74) is 5.08. The zero-order valence-corrected chi connectivity index (χ0v) is 20.8. The minimum absolute atomic E-state index is 0.230. The van der Waals surface area contributed by atoms with E-state index in [0.29, 0.717) is 22.3 Å². The molecule has 7 nitrogen and oxygen atoms in total. The van der Waals surface area contributed by atoms with Gasteiger partial charge in [0.1, 0.15) is 6.07 Å². The Kier molecular flexibility index (Phi) is 6.59. The topological polar surface area (TPSA) is 79.5 Å². The largest absolute Gasteiger partial charge is 0.447 e. The highest BCUT2D eigenvalue weighted by Gasteiger charge is 2.28. The number of hydrogen-bond donors (Lipinski definition) is 1. The molecule has 0 bridgehead atoms. The van der Waals surface area contributed by atoms with Crippen LogP contribution in [0.15, 0.2) is 36.4 Å². The van der Waals surface area contributed by atoms with Gasteiger partial charge in [-0.1, -0.05) is 17.7 Å². The summed E-state index contributed by atoms with van der Waals surface area (Å²) in [5, 5.41) is 14.3. The van der Waals surface area contributed by atoms with Gasteiger partial charge in [-0.2, -0.15) is 5.26 Å². The molecule has 0 atom stereocenters. The van der Waals surface area contributed by atoms with Crippen molar-refractivity contribution >= 4 is 40.0 Å². The first kappa shape index (κ1) is 23.5. The third-order valence-corrected chi connectivity index (χ3v) is 7.05. The lowest BCUT2D eigenvalue weighted by Gasteiger charge is -2.31. The van der Waals surface area contributed by atoms with E-state index in [2.05, 4.69) is 39.1 Å². The van der Waals surface area contributed by atoms with E-state index in [9.17, 15) is 10.1 Å². The van der Waals surface area contributed by atoms with E-state index in [-0.39, 0.29) is 6.10 Å². The number of nitrogens with zero attached hydrogens (tertiary/aromatic N) is 3. The number of carbonyl (C=O) groups is 1. The molecule has 1 amide bonds. The van der Waals surface area contributed by atoms with Gasteiger partial charge in [-0.15, -0.1) is 0 Å². The fourth-order valence-electron chi connectivity index (χ4n) is 4.86. The molecule has 2 fully saturated rings. The second-order valence-corrected chi connectivity index (χ2v) is 9.77. The van der Waals surface area contributed by atoms with Gasteiger partial charge in [0, 0.05) is 35.8 Å².